The lowest BCUT2D eigenvalue weighted by molar-refractivity contribution is -0.159. The van der Waals surface area contributed by atoms with Gasteiger partial charge in [-0.15, -0.1) is 0 Å². The highest BCUT2D eigenvalue weighted by Gasteiger charge is 2.37. The molecule has 114 valence electrons. The largest absolute Gasteiger partial charge is 0.458 e. The van der Waals surface area contributed by atoms with Gasteiger partial charge >= 0.3 is 5.97 Å². The maximum absolute atomic E-state index is 12.6. The van der Waals surface area contributed by atoms with Crippen LogP contribution in [0.1, 0.15) is 44.0 Å². The fraction of sp³-hybridized carbons (Fsp3) is 0.500. The van der Waals surface area contributed by atoms with Crippen molar-refractivity contribution in [3.05, 3.63) is 34.9 Å². The first-order valence-corrected chi connectivity index (χ1v) is 7.46. The van der Waals surface area contributed by atoms with E-state index in [1.165, 1.54) is 0 Å². The molecule has 21 heavy (non-hydrogen) atoms. The summed E-state index contributed by atoms with van der Waals surface area (Å²) in [5.74, 6) is -0.561. The van der Waals surface area contributed by atoms with E-state index in [0.717, 1.165) is 6.42 Å². The molecule has 1 aliphatic rings. The number of hydrogen-bond donors (Lipinski definition) is 0. The SMILES string of the molecule is CC(C)(C)OC(=O)[C@H]1CCCN1C(=O)c1ccccc1Cl. The van der Waals surface area contributed by atoms with Crippen LogP contribution in [-0.2, 0) is 9.53 Å². The van der Waals surface area contributed by atoms with Gasteiger partial charge in [-0.05, 0) is 45.7 Å². The number of amides is 1. The Balaban J connectivity index is 2.17. The van der Waals surface area contributed by atoms with Gasteiger partial charge in [0.1, 0.15) is 11.6 Å². The number of ether oxygens (including phenoxy) is 1. The summed E-state index contributed by atoms with van der Waals surface area (Å²) in [4.78, 5) is 26.4. The van der Waals surface area contributed by atoms with Crippen molar-refractivity contribution in [1.82, 2.24) is 4.90 Å². The normalized spacial score (nSPS) is 18.7. The third-order valence-corrected chi connectivity index (χ3v) is 3.63. The molecule has 1 fully saturated rings. The number of likely N-dealkylation sites (tertiary alicyclic amines) is 1. The van der Waals surface area contributed by atoms with Gasteiger partial charge in [-0.1, -0.05) is 23.7 Å². The third-order valence-electron chi connectivity index (χ3n) is 3.30. The molecule has 1 saturated heterocycles. The van der Waals surface area contributed by atoms with E-state index in [1.807, 2.05) is 20.8 Å². The molecule has 1 heterocycles. The average Bonchev–Trinajstić information content (AvgIpc) is 2.85. The highest BCUT2D eigenvalue weighted by molar-refractivity contribution is 6.33. The van der Waals surface area contributed by atoms with Gasteiger partial charge in [-0.3, -0.25) is 4.79 Å². The quantitative estimate of drug-likeness (QED) is 0.788. The first-order chi connectivity index (χ1) is 9.79. The minimum absolute atomic E-state index is 0.214. The van der Waals surface area contributed by atoms with Gasteiger partial charge in [-0.2, -0.15) is 0 Å². The minimum Gasteiger partial charge on any atom is -0.458 e. The maximum Gasteiger partial charge on any atom is 0.329 e. The fourth-order valence-corrected chi connectivity index (χ4v) is 2.63. The van der Waals surface area contributed by atoms with Crippen molar-refractivity contribution in [2.75, 3.05) is 6.54 Å². The third kappa shape index (κ3) is 3.76. The molecule has 0 spiro atoms. The number of hydrogen-bond acceptors (Lipinski definition) is 3. The Morgan fingerprint density at radius 1 is 1.29 bits per heavy atom. The Kier molecular flexibility index (Phi) is 4.57. The summed E-state index contributed by atoms with van der Waals surface area (Å²) in [5, 5.41) is 0.400. The maximum atomic E-state index is 12.6. The van der Waals surface area contributed by atoms with Crippen LogP contribution in [0.4, 0.5) is 0 Å². The van der Waals surface area contributed by atoms with Crippen molar-refractivity contribution >= 4 is 23.5 Å². The topological polar surface area (TPSA) is 46.6 Å². The summed E-state index contributed by atoms with van der Waals surface area (Å²) in [5.41, 5.74) is -0.131. The number of halogens is 1. The van der Waals surface area contributed by atoms with Crippen molar-refractivity contribution in [2.45, 2.75) is 45.3 Å². The molecule has 1 aromatic carbocycles. The van der Waals surface area contributed by atoms with Gasteiger partial charge < -0.3 is 9.64 Å². The molecule has 2 rings (SSSR count). The molecule has 0 saturated carbocycles. The van der Waals surface area contributed by atoms with Crippen LogP contribution >= 0.6 is 11.6 Å². The van der Waals surface area contributed by atoms with Gasteiger partial charge in [0.25, 0.3) is 5.91 Å². The summed E-state index contributed by atoms with van der Waals surface area (Å²) in [6.07, 6.45) is 1.42. The highest BCUT2D eigenvalue weighted by atomic mass is 35.5. The van der Waals surface area contributed by atoms with Crippen LogP contribution < -0.4 is 0 Å². The fourth-order valence-electron chi connectivity index (χ4n) is 2.41. The lowest BCUT2D eigenvalue weighted by Crippen LogP contribution is -2.43. The minimum atomic E-state index is -0.557. The Morgan fingerprint density at radius 2 is 1.95 bits per heavy atom. The smallest absolute Gasteiger partial charge is 0.329 e. The molecular weight excluding hydrogens is 290 g/mol. The second-order valence-electron chi connectivity index (χ2n) is 6.17. The van der Waals surface area contributed by atoms with E-state index in [9.17, 15) is 9.59 Å². The van der Waals surface area contributed by atoms with Crippen molar-refractivity contribution in [3.63, 3.8) is 0 Å². The molecule has 1 atom stereocenters. The number of nitrogens with zero attached hydrogens (tertiary/aromatic N) is 1. The van der Waals surface area contributed by atoms with Crippen LogP contribution in [0.2, 0.25) is 5.02 Å². The molecule has 1 amide bonds. The summed E-state index contributed by atoms with van der Waals surface area (Å²) in [7, 11) is 0. The van der Waals surface area contributed by atoms with Crippen LogP contribution in [0.5, 0.6) is 0 Å². The Morgan fingerprint density at radius 3 is 2.57 bits per heavy atom. The monoisotopic (exact) mass is 309 g/mol. The predicted molar refractivity (Wildman–Crippen MR) is 81.4 cm³/mol. The van der Waals surface area contributed by atoms with E-state index in [0.29, 0.717) is 23.6 Å². The second kappa shape index (κ2) is 6.06. The number of carbonyl (C=O) groups excluding carboxylic acids is 2. The molecule has 0 unspecified atom stereocenters. The Labute approximate surface area is 130 Å². The molecule has 0 bridgehead atoms. The zero-order valence-corrected chi connectivity index (χ0v) is 13.3. The van der Waals surface area contributed by atoms with Crippen LogP contribution in [0.3, 0.4) is 0 Å². The lowest BCUT2D eigenvalue weighted by Gasteiger charge is -2.27. The van der Waals surface area contributed by atoms with Gasteiger partial charge in [0.05, 0.1) is 10.6 Å². The number of benzene rings is 1. The molecule has 0 N–H and O–H groups in total. The number of carbonyl (C=O) groups is 2. The molecule has 0 aromatic heterocycles. The van der Waals surface area contributed by atoms with Crippen molar-refractivity contribution in [2.24, 2.45) is 0 Å². The molecule has 5 heteroatoms. The van der Waals surface area contributed by atoms with Crippen LogP contribution in [0.25, 0.3) is 0 Å². The van der Waals surface area contributed by atoms with Gasteiger partial charge in [0.15, 0.2) is 0 Å². The van der Waals surface area contributed by atoms with E-state index in [1.54, 1.807) is 29.2 Å². The highest BCUT2D eigenvalue weighted by Crippen LogP contribution is 2.25. The molecule has 1 aromatic rings. The number of esters is 1. The van der Waals surface area contributed by atoms with Crippen LogP contribution in [-0.4, -0.2) is 35.0 Å². The van der Waals surface area contributed by atoms with Crippen molar-refractivity contribution in [3.8, 4) is 0 Å². The second-order valence-corrected chi connectivity index (χ2v) is 6.58. The van der Waals surface area contributed by atoms with E-state index in [4.69, 9.17) is 16.3 Å². The van der Waals surface area contributed by atoms with E-state index in [2.05, 4.69) is 0 Å². The zero-order valence-electron chi connectivity index (χ0n) is 12.6. The molecular formula is C16H20ClNO3. The summed E-state index contributed by atoms with van der Waals surface area (Å²) >= 11 is 6.07. The van der Waals surface area contributed by atoms with Crippen molar-refractivity contribution in [1.29, 1.82) is 0 Å². The molecule has 0 radical (unpaired) electrons. The van der Waals surface area contributed by atoms with E-state index in [-0.39, 0.29) is 11.9 Å². The zero-order chi connectivity index (χ0) is 15.6. The summed E-state index contributed by atoms with van der Waals surface area (Å²) < 4.78 is 5.40. The molecule has 4 nitrogen and oxygen atoms in total. The van der Waals surface area contributed by atoms with Crippen LogP contribution in [0.15, 0.2) is 24.3 Å². The van der Waals surface area contributed by atoms with Gasteiger partial charge in [0.2, 0.25) is 0 Å². The van der Waals surface area contributed by atoms with Gasteiger partial charge in [-0.25, -0.2) is 4.79 Å². The van der Waals surface area contributed by atoms with E-state index >= 15 is 0 Å². The molecule has 1 aliphatic heterocycles. The van der Waals surface area contributed by atoms with Gasteiger partial charge in [0, 0.05) is 6.54 Å². The summed E-state index contributed by atoms with van der Waals surface area (Å²) in [6.45, 7) is 6.01. The van der Waals surface area contributed by atoms with Crippen molar-refractivity contribution < 1.29 is 14.3 Å². The average molecular weight is 310 g/mol. The first-order valence-electron chi connectivity index (χ1n) is 7.08. The Hall–Kier alpha value is -1.55. The predicted octanol–water partition coefficient (Wildman–Crippen LogP) is 3.29. The number of rotatable bonds is 2. The van der Waals surface area contributed by atoms with E-state index < -0.39 is 11.6 Å². The summed E-state index contributed by atoms with van der Waals surface area (Å²) in [6, 6.07) is 6.36. The lowest BCUT2D eigenvalue weighted by atomic mass is 10.1. The molecule has 0 aliphatic carbocycles. The standard InChI is InChI=1S/C16H20ClNO3/c1-16(2,3)21-15(20)13-9-6-10-18(13)14(19)11-7-4-5-8-12(11)17/h4-5,7-8,13H,6,9-10H2,1-3H3/t13-/m1/s1. The van der Waals surface area contributed by atoms with Crippen LogP contribution in [0, 0.1) is 0 Å². The Bertz CT molecular complexity index is 551. The first kappa shape index (κ1) is 15.8.